The Labute approximate surface area is 139 Å². The van der Waals surface area contributed by atoms with E-state index in [1.165, 1.54) is 4.31 Å². The van der Waals surface area contributed by atoms with Gasteiger partial charge in [-0.25, -0.2) is 8.42 Å². The third-order valence-corrected chi connectivity index (χ3v) is 5.82. The molecule has 1 aliphatic rings. The number of hydrogen-bond acceptors (Lipinski definition) is 4. The van der Waals surface area contributed by atoms with Crippen molar-refractivity contribution in [1.82, 2.24) is 4.31 Å². The summed E-state index contributed by atoms with van der Waals surface area (Å²) in [5.41, 5.74) is 0. The van der Waals surface area contributed by atoms with Gasteiger partial charge in [-0.05, 0) is 43.9 Å². The highest BCUT2D eigenvalue weighted by atomic mass is 79.9. The molecule has 0 atom stereocenters. The molecule has 122 valence electrons. The van der Waals surface area contributed by atoms with Crippen molar-refractivity contribution in [3.63, 3.8) is 0 Å². The van der Waals surface area contributed by atoms with Crippen molar-refractivity contribution in [2.75, 3.05) is 19.7 Å². The Morgan fingerprint density at radius 1 is 1.41 bits per heavy atom. The fourth-order valence-corrected chi connectivity index (χ4v) is 4.24. The van der Waals surface area contributed by atoms with Crippen molar-refractivity contribution >= 4 is 31.9 Å². The lowest BCUT2D eigenvalue weighted by Crippen LogP contribution is -2.35. The van der Waals surface area contributed by atoms with Gasteiger partial charge in [-0.2, -0.15) is 4.31 Å². The fourth-order valence-electron chi connectivity index (χ4n) is 2.12. The topological polar surface area (TPSA) is 63.7 Å². The minimum absolute atomic E-state index is 0.0772. The van der Waals surface area contributed by atoms with Crippen LogP contribution in [0.5, 0.6) is 0 Å². The molecule has 2 rings (SSSR count). The third kappa shape index (κ3) is 4.79. The SMILES string of the molecule is CCOC(=O)CCN(CC1CC1)S(=O)(=O)c1cccc(Br)c1. The smallest absolute Gasteiger partial charge is 0.307 e. The molecule has 0 amide bonds. The average molecular weight is 390 g/mol. The van der Waals surface area contributed by atoms with Gasteiger partial charge in [0, 0.05) is 17.6 Å². The maximum Gasteiger partial charge on any atom is 0.307 e. The van der Waals surface area contributed by atoms with Crippen LogP contribution in [0.1, 0.15) is 26.2 Å². The Balaban J connectivity index is 2.14. The molecule has 1 aromatic rings. The van der Waals surface area contributed by atoms with E-state index in [9.17, 15) is 13.2 Å². The molecule has 0 radical (unpaired) electrons. The van der Waals surface area contributed by atoms with Gasteiger partial charge in [0.05, 0.1) is 17.9 Å². The highest BCUT2D eigenvalue weighted by molar-refractivity contribution is 9.10. The number of sulfonamides is 1. The summed E-state index contributed by atoms with van der Waals surface area (Å²) >= 11 is 3.29. The highest BCUT2D eigenvalue weighted by Crippen LogP contribution is 2.32. The van der Waals surface area contributed by atoms with Crippen LogP contribution >= 0.6 is 15.9 Å². The van der Waals surface area contributed by atoms with Gasteiger partial charge in [-0.1, -0.05) is 22.0 Å². The molecule has 0 bridgehead atoms. The van der Waals surface area contributed by atoms with Crippen molar-refractivity contribution in [3.05, 3.63) is 28.7 Å². The number of carbonyl (C=O) groups excluding carboxylic acids is 1. The van der Waals surface area contributed by atoms with E-state index >= 15 is 0 Å². The molecule has 22 heavy (non-hydrogen) atoms. The van der Waals surface area contributed by atoms with E-state index in [4.69, 9.17) is 4.74 Å². The zero-order valence-electron chi connectivity index (χ0n) is 12.5. The van der Waals surface area contributed by atoms with Gasteiger partial charge >= 0.3 is 5.97 Å². The first-order valence-corrected chi connectivity index (χ1v) is 9.58. The Morgan fingerprint density at radius 3 is 2.73 bits per heavy atom. The lowest BCUT2D eigenvalue weighted by molar-refractivity contribution is -0.143. The van der Waals surface area contributed by atoms with Gasteiger partial charge in [0.25, 0.3) is 0 Å². The van der Waals surface area contributed by atoms with Crippen molar-refractivity contribution in [3.8, 4) is 0 Å². The first-order chi connectivity index (χ1) is 10.4. The van der Waals surface area contributed by atoms with Gasteiger partial charge in [0.15, 0.2) is 0 Å². The second-order valence-corrected chi connectivity index (χ2v) is 8.17. The predicted octanol–water partition coefficient (Wildman–Crippen LogP) is 2.80. The maximum atomic E-state index is 12.8. The molecule has 1 saturated carbocycles. The lowest BCUT2D eigenvalue weighted by Gasteiger charge is -2.22. The summed E-state index contributed by atoms with van der Waals surface area (Å²) in [6.45, 7) is 2.66. The number of esters is 1. The Hall–Kier alpha value is -0.920. The monoisotopic (exact) mass is 389 g/mol. The van der Waals surface area contributed by atoms with Crippen molar-refractivity contribution in [1.29, 1.82) is 0 Å². The minimum atomic E-state index is -3.59. The summed E-state index contributed by atoms with van der Waals surface area (Å²) in [5, 5.41) is 0. The highest BCUT2D eigenvalue weighted by Gasteiger charge is 2.32. The van der Waals surface area contributed by atoms with Crippen LogP contribution in [0, 0.1) is 5.92 Å². The molecule has 1 aromatic carbocycles. The number of ether oxygens (including phenoxy) is 1. The largest absolute Gasteiger partial charge is 0.466 e. The quantitative estimate of drug-likeness (QED) is 0.641. The van der Waals surface area contributed by atoms with Gasteiger partial charge in [0.2, 0.25) is 10.0 Å². The Morgan fingerprint density at radius 2 is 2.14 bits per heavy atom. The maximum absolute atomic E-state index is 12.8. The van der Waals surface area contributed by atoms with Crippen molar-refractivity contribution < 1.29 is 17.9 Å². The van der Waals surface area contributed by atoms with E-state index in [-0.39, 0.29) is 23.8 Å². The van der Waals surface area contributed by atoms with Gasteiger partial charge < -0.3 is 4.74 Å². The summed E-state index contributed by atoms with van der Waals surface area (Å²) < 4.78 is 32.5. The molecule has 0 heterocycles. The van der Waals surface area contributed by atoms with Crippen LogP contribution in [-0.2, 0) is 19.6 Å². The van der Waals surface area contributed by atoms with Gasteiger partial charge in [-0.15, -0.1) is 0 Å². The van der Waals surface area contributed by atoms with Crippen LogP contribution in [0.25, 0.3) is 0 Å². The zero-order valence-corrected chi connectivity index (χ0v) is 14.9. The minimum Gasteiger partial charge on any atom is -0.466 e. The van der Waals surface area contributed by atoms with Crippen molar-refractivity contribution in [2.24, 2.45) is 5.92 Å². The van der Waals surface area contributed by atoms with Gasteiger partial charge in [0.1, 0.15) is 0 Å². The summed E-state index contributed by atoms with van der Waals surface area (Å²) in [6, 6.07) is 6.63. The summed E-state index contributed by atoms with van der Waals surface area (Å²) in [6.07, 6.45) is 2.17. The number of hydrogen-bond donors (Lipinski definition) is 0. The second kappa shape index (κ2) is 7.57. The van der Waals surface area contributed by atoms with E-state index in [1.807, 2.05) is 0 Å². The molecule has 0 unspecified atom stereocenters. The zero-order chi connectivity index (χ0) is 16.2. The number of rotatable bonds is 8. The number of benzene rings is 1. The van der Waals surface area contributed by atoms with Crippen LogP contribution in [0.4, 0.5) is 0 Å². The second-order valence-electron chi connectivity index (χ2n) is 5.32. The number of nitrogens with zero attached hydrogens (tertiary/aromatic N) is 1. The Bertz CT molecular complexity index is 628. The third-order valence-electron chi connectivity index (χ3n) is 3.46. The normalized spacial score (nSPS) is 15.0. The first kappa shape index (κ1) is 17.4. The molecule has 0 spiro atoms. The van der Waals surface area contributed by atoms with Crippen LogP contribution in [0.3, 0.4) is 0 Å². The molecule has 0 N–H and O–H groups in total. The molecule has 7 heteroatoms. The predicted molar refractivity (Wildman–Crippen MR) is 86.9 cm³/mol. The molecule has 0 saturated heterocycles. The number of halogens is 1. The van der Waals surface area contributed by atoms with Crippen molar-refractivity contribution in [2.45, 2.75) is 31.1 Å². The fraction of sp³-hybridized carbons (Fsp3) is 0.533. The standard InChI is InChI=1S/C15H20BrNO4S/c1-2-21-15(18)8-9-17(11-12-6-7-12)22(19,20)14-5-3-4-13(16)10-14/h3-5,10,12H,2,6-9,11H2,1H3. The van der Waals surface area contributed by atoms with Gasteiger partial charge in [-0.3, -0.25) is 4.79 Å². The van der Waals surface area contributed by atoms with E-state index in [2.05, 4.69) is 15.9 Å². The van der Waals surface area contributed by atoms with Crippen LogP contribution in [-0.4, -0.2) is 38.4 Å². The molecule has 0 aromatic heterocycles. The molecule has 0 aliphatic heterocycles. The van der Waals surface area contributed by atoms with E-state index in [1.54, 1.807) is 31.2 Å². The average Bonchev–Trinajstić information content (AvgIpc) is 3.27. The van der Waals surface area contributed by atoms with E-state index < -0.39 is 10.0 Å². The summed E-state index contributed by atoms with van der Waals surface area (Å²) in [5.74, 6) is 0.0388. The van der Waals surface area contributed by atoms with Crippen LogP contribution < -0.4 is 0 Å². The lowest BCUT2D eigenvalue weighted by atomic mass is 10.4. The molecule has 1 fully saturated rings. The molecule has 1 aliphatic carbocycles. The van der Waals surface area contributed by atoms with E-state index in [0.717, 1.165) is 12.8 Å². The van der Waals surface area contributed by atoms with Crippen LogP contribution in [0.2, 0.25) is 0 Å². The molecular weight excluding hydrogens is 370 g/mol. The summed E-state index contributed by atoms with van der Waals surface area (Å²) in [4.78, 5) is 11.8. The summed E-state index contributed by atoms with van der Waals surface area (Å²) in [7, 11) is -3.59. The van der Waals surface area contributed by atoms with Crippen LogP contribution in [0.15, 0.2) is 33.6 Å². The Kier molecular flexibility index (Phi) is 6.00. The molecular formula is C15H20BrNO4S. The first-order valence-electron chi connectivity index (χ1n) is 7.35. The molecule has 5 nitrogen and oxygen atoms in total. The number of carbonyl (C=O) groups is 1. The van der Waals surface area contributed by atoms with E-state index in [0.29, 0.717) is 23.5 Å².